The fourth-order valence-corrected chi connectivity index (χ4v) is 4.48. The number of carbonyl (C=O) groups excluding carboxylic acids is 1. The number of H-pyrrole nitrogens is 1. The van der Waals surface area contributed by atoms with Crippen LogP contribution in [0.1, 0.15) is 33.4 Å². The van der Waals surface area contributed by atoms with E-state index in [-0.39, 0.29) is 12.1 Å². The van der Waals surface area contributed by atoms with Gasteiger partial charge in [0.1, 0.15) is 5.69 Å². The molecule has 5 rings (SSSR count). The number of nitrogens with one attached hydrogen (secondary N) is 3. The van der Waals surface area contributed by atoms with E-state index in [0.29, 0.717) is 23.0 Å². The van der Waals surface area contributed by atoms with Crippen LogP contribution in [0.5, 0.6) is 0 Å². The minimum Gasteiger partial charge on any atom is -0.378 e. The molecule has 1 fully saturated rings. The van der Waals surface area contributed by atoms with Crippen molar-refractivity contribution in [2.75, 3.05) is 30.4 Å². The molecule has 0 saturated carbocycles. The zero-order chi connectivity index (χ0) is 26.2. The van der Waals surface area contributed by atoms with Crippen molar-refractivity contribution in [1.29, 1.82) is 0 Å². The maximum absolute atomic E-state index is 12.9. The Bertz CT molecular complexity index is 1390. The molecule has 0 spiro atoms. The van der Waals surface area contributed by atoms with Gasteiger partial charge < -0.3 is 20.3 Å². The molecule has 37 heavy (non-hydrogen) atoms. The summed E-state index contributed by atoms with van der Waals surface area (Å²) in [6.45, 7) is 10.5. The Kier molecular flexibility index (Phi) is 6.55. The molecule has 0 aromatic carbocycles. The Morgan fingerprint density at radius 3 is 2.76 bits per heavy atom. The van der Waals surface area contributed by atoms with E-state index in [9.17, 15) is 4.79 Å². The molecule has 2 amide bonds. The molecule has 1 aliphatic rings. The highest BCUT2D eigenvalue weighted by atomic mass is 16.5. The molecular weight excluding hydrogens is 470 g/mol. The van der Waals surface area contributed by atoms with Crippen molar-refractivity contribution < 1.29 is 9.53 Å². The number of pyridine rings is 2. The van der Waals surface area contributed by atoms with Crippen LogP contribution in [0, 0.1) is 5.92 Å². The van der Waals surface area contributed by atoms with Gasteiger partial charge in [-0.2, -0.15) is 10.2 Å². The predicted octanol–water partition coefficient (Wildman–Crippen LogP) is 3.76. The van der Waals surface area contributed by atoms with E-state index in [1.54, 1.807) is 19.5 Å². The molecule has 11 nitrogen and oxygen atoms in total. The van der Waals surface area contributed by atoms with Crippen LogP contribution in [-0.4, -0.2) is 62.3 Å². The first-order chi connectivity index (χ1) is 17.7. The molecule has 1 saturated heterocycles. The van der Waals surface area contributed by atoms with Crippen molar-refractivity contribution in [1.82, 2.24) is 35.3 Å². The number of amides is 2. The minimum atomic E-state index is -0.662. The van der Waals surface area contributed by atoms with E-state index in [2.05, 4.69) is 44.6 Å². The Morgan fingerprint density at radius 1 is 1.24 bits per heavy atom. The molecule has 5 heterocycles. The molecule has 1 aliphatic heterocycles. The highest BCUT2D eigenvalue weighted by Crippen LogP contribution is 2.33. The van der Waals surface area contributed by atoms with Crippen LogP contribution in [0.4, 0.5) is 16.3 Å². The third-order valence-corrected chi connectivity index (χ3v) is 6.51. The number of hydrogen-bond acceptors (Lipinski definition) is 7. The topological polar surface area (TPSA) is 126 Å². The van der Waals surface area contributed by atoms with E-state index in [0.717, 1.165) is 42.0 Å². The van der Waals surface area contributed by atoms with Gasteiger partial charge in [0.05, 0.1) is 45.8 Å². The van der Waals surface area contributed by atoms with Gasteiger partial charge in [-0.05, 0) is 38.0 Å². The van der Waals surface area contributed by atoms with Crippen molar-refractivity contribution >= 4 is 28.4 Å². The maximum Gasteiger partial charge on any atom is 0.320 e. The number of hydrogen-bond donors (Lipinski definition) is 3. The normalized spacial score (nSPS) is 14.3. The van der Waals surface area contributed by atoms with Gasteiger partial charge in [-0.3, -0.25) is 19.7 Å². The van der Waals surface area contributed by atoms with Gasteiger partial charge in [0.15, 0.2) is 5.82 Å². The number of methoxy groups -OCH3 is 1. The molecule has 0 radical (unpaired) electrons. The van der Waals surface area contributed by atoms with E-state index in [1.807, 2.05) is 49.0 Å². The standard InChI is InChI=1S/C26H33N9O2/c1-16(2)13-35-21-10-19(28-11-18(21)24(33-35)34-14-17(15-34)37-5)23-20(12-29-32-23)30-25(36)31-26(3,4)22-8-6-7-9-27-22/h6-12,16-17H,13-15H2,1-5H3,(H,29,32)(H2,30,31,36). The SMILES string of the molecule is COC1CN(c2nn(CC(C)C)c3cc(-c4[nH]ncc4NC(=O)NC(C)(C)c4ccccn4)ncc23)C1. The Morgan fingerprint density at radius 2 is 2.05 bits per heavy atom. The first-order valence-electron chi connectivity index (χ1n) is 12.4. The molecule has 0 bridgehead atoms. The van der Waals surface area contributed by atoms with Crippen molar-refractivity contribution in [2.45, 2.75) is 45.9 Å². The van der Waals surface area contributed by atoms with Crippen LogP contribution < -0.4 is 15.5 Å². The third kappa shape index (κ3) is 4.99. The lowest BCUT2D eigenvalue weighted by molar-refractivity contribution is 0.0783. The van der Waals surface area contributed by atoms with Gasteiger partial charge in [-0.15, -0.1) is 0 Å². The van der Waals surface area contributed by atoms with E-state index in [4.69, 9.17) is 14.8 Å². The van der Waals surface area contributed by atoms with Crippen molar-refractivity contribution in [3.63, 3.8) is 0 Å². The summed E-state index contributed by atoms with van der Waals surface area (Å²) >= 11 is 0. The molecule has 0 aliphatic carbocycles. The number of fused-ring (bicyclic) bond motifs is 1. The Balaban J connectivity index is 1.40. The zero-order valence-corrected chi connectivity index (χ0v) is 21.8. The minimum absolute atomic E-state index is 0.227. The predicted molar refractivity (Wildman–Crippen MR) is 142 cm³/mol. The quantitative estimate of drug-likeness (QED) is 0.334. The number of ether oxygens (including phenoxy) is 1. The number of carbonyl (C=O) groups is 1. The molecule has 194 valence electrons. The largest absolute Gasteiger partial charge is 0.378 e. The van der Waals surface area contributed by atoms with Gasteiger partial charge in [-0.25, -0.2) is 4.79 Å². The van der Waals surface area contributed by atoms with Gasteiger partial charge in [0.2, 0.25) is 0 Å². The van der Waals surface area contributed by atoms with Crippen LogP contribution in [0.25, 0.3) is 22.3 Å². The summed E-state index contributed by atoms with van der Waals surface area (Å²) in [6, 6.07) is 7.25. The number of nitrogens with zero attached hydrogens (tertiary/aromatic N) is 6. The second-order valence-electron chi connectivity index (χ2n) is 10.3. The molecule has 11 heteroatoms. The first kappa shape index (κ1) is 24.7. The summed E-state index contributed by atoms with van der Waals surface area (Å²) in [4.78, 5) is 24.2. The van der Waals surface area contributed by atoms with Crippen LogP contribution in [-0.2, 0) is 16.8 Å². The summed E-state index contributed by atoms with van der Waals surface area (Å²) in [5.41, 5.74) is 2.90. The number of anilines is 2. The van der Waals surface area contributed by atoms with E-state index >= 15 is 0 Å². The highest BCUT2D eigenvalue weighted by molar-refractivity contribution is 5.96. The Labute approximate surface area is 215 Å². The maximum atomic E-state index is 12.9. The molecule has 3 N–H and O–H groups in total. The lowest BCUT2D eigenvalue weighted by Crippen LogP contribution is -2.52. The van der Waals surface area contributed by atoms with Gasteiger partial charge in [0, 0.05) is 39.1 Å². The van der Waals surface area contributed by atoms with Crippen molar-refractivity contribution in [3.8, 4) is 11.4 Å². The summed E-state index contributed by atoms with van der Waals surface area (Å²) < 4.78 is 7.48. The van der Waals surface area contributed by atoms with Crippen LogP contribution in [0.15, 0.2) is 42.9 Å². The van der Waals surface area contributed by atoms with Crippen LogP contribution in [0.3, 0.4) is 0 Å². The van der Waals surface area contributed by atoms with Gasteiger partial charge >= 0.3 is 6.03 Å². The van der Waals surface area contributed by atoms with Gasteiger partial charge in [-0.1, -0.05) is 19.9 Å². The highest BCUT2D eigenvalue weighted by Gasteiger charge is 2.31. The van der Waals surface area contributed by atoms with Gasteiger partial charge in [0.25, 0.3) is 0 Å². The molecule has 0 atom stereocenters. The third-order valence-electron chi connectivity index (χ3n) is 6.51. The fraction of sp³-hybridized carbons (Fsp3) is 0.423. The molecule has 4 aromatic heterocycles. The van der Waals surface area contributed by atoms with Crippen molar-refractivity contribution in [2.24, 2.45) is 5.92 Å². The summed E-state index contributed by atoms with van der Waals surface area (Å²) in [6.07, 6.45) is 5.36. The number of aromatic nitrogens is 6. The second kappa shape index (κ2) is 9.81. The van der Waals surface area contributed by atoms with Crippen molar-refractivity contribution in [3.05, 3.63) is 48.5 Å². The number of rotatable bonds is 8. The molecule has 0 unspecified atom stereocenters. The monoisotopic (exact) mass is 503 g/mol. The number of aromatic amines is 1. The molecular formula is C26H33N9O2. The summed E-state index contributed by atoms with van der Waals surface area (Å²) in [5.74, 6) is 1.34. The zero-order valence-electron chi connectivity index (χ0n) is 21.8. The molecule has 4 aromatic rings. The summed E-state index contributed by atoms with van der Waals surface area (Å²) in [5, 5.41) is 19.0. The first-order valence-corrected chi connectivity index (χ1v) is 12.4. The average molecular weight is 504 g/mol. The summed E-state index contributed by atoms with van der Waals surface area (Å²) in [7, 11) is 1.74. The second-order valence-corrected chi connectivity index (χ2v) is 10.3. The average Bonchev–Trinajstić information content (AvgIpc) is 3.43. The lowest BCUT2D eigenvalue weighted by Gasteiger charge is -2.38. The lowest BCUT2D eigenvalue weighted by atomic mass is 10.0. The smallest absolute Gasteiger partial charge is 0.320 e. The Hall–Kier alpha value is -3.99. The van der Waals surface area contributed by atoms with Crippen LogP contribution >= 0.6 is 0 Å². The fourth-order valence-electron chi connectivity index (χ4n) is 4.48. The van der Waals surface area contributed by atoms with Crippen LogP contribution in [0.2, 0.25) is 0 Å². The van der Waals surface area contributed by atoms with E-state index in [1.165, 1.54) is 0 Å². The number of urea groups is 1. The van der Waals surface area contributed by atoms with E-state index < -0.39 is 5.54 Å².